The van der Waals surface area contributed by atoms with Crippen molar-refractivity contribution in [1.29, 1.82) is 0 Å². The lowest BCUT2D eigenvalue weighted by Crippen LogP contribution is -2.42. The van der Waals surface area contributed by atoms with E-state index in [1.165, 1.54) is 12.3 Å². The fourth-order valence-electron chi connectivity index (χ4n) is 4.33. The molecule has 32 heavy (non-hydrogen) atoms. The van der Waals surface area contributed by atoms with Crippen LogP contribution < -0.4 is 14.9 Å². The summed E-state index contributed by atoms with van der Waals surface area (Å²) >= 11 is 0. The van der Waals surface area contributed by atoms with E-state index in [2.05, 4.69) is 19.9 Å². The van der Waals surface area contributed by atoms with Crippen molar-refractivity contribution in [3.63, 3.8) is 0 Å². The minimum atomic E-state index is -3.59. The Bertz CT molecular complexity index is 973. The molecule has 1 aromatic carbocycles. The van der Waals surface area contributed by atoms with E-state index in [1.807, 2.05) is 6.07 Å². The predicted octanol–water partition coefficient (Wildman–Crippen LogP) is 2.48. The summed E-state index contributed by atoms with van der Waals surface area (Å²) in [5.74, 6) is 0.568. The maximum Gasteiger partial charge on any atom is 0.242 e. The molecule has 2 heterocycles. The molecule has 0 radical (unpaired) electrons. The van der Waals surface area contributed by atoms with E-state index in [4.69, 9.17) is 4.74 Å². The van der Waals surface area contributed by atoms with Gasteiger partial charge in [0.15, 0.2) is 0 Å². The lowest BCUT2D eigenvalue weighted by atomic mass is 9.92. The van der Waals surface area contributed by atoms with Crippen LogP contribution >= 0.6 is 0 Å². The molecule has 1 saturated heterocycles. The fraction of sp³-hybridized carbons (Fsp3) is 0.522. The van der Waals surface area contributed by atoms with Crippen molar-refractivity contribution < 1.29 is 17.5 Å². The summed E-state index contributed by atoms with van der Waals surface area (Å²) in [6.07, 6.45) is 5.60. The number of hydrogen-bond donors (Lipinski definition) is 2. The topological polar surface area (TPSA) is 83.6 Å². The van der Waals surface area contributed by atoms with Crippen molar-refractivity contribution in [3.8, 4) is 0 Å². The molecule has 2 aliphatic rings. The number of sulfonamides is 1. The second-order valence-electron chi connectivity index (χ2n) is 8.46. The number of pyridine rings is 1. The first-order chi connectivity index (χ1) is 15.5. The molecular weight excluding hydrogens is 431 g/mol. The lowest BCUT2D eigenvalue weighted by molar-refractivity contribution is 0.122. The average Bonchev–Trinajstić information content (AvgIpc) is 2.81. The molecule has 1 saturated carbocycles. The highest BCUT2D eigenvalue weighted by atomic mass is 32.2. The Hall–Kier alpha value is -2.07. The Morgan fingerprint density at radius 2 is 1.81 bits per heavy atom. The number of benzene rings is 1. The van der Waals surface area contributed by atoms with E-state index >= 15 is 0 Å². The van der Waals surface area contributed by atoms with E-state index in [1.54, 1.807) is 24.3 Å². The number of halogens is 1. The van der Waals surface area contributed by atoms with Crippen LogP contribution in [0, 0.1) is 5.82 Å². The Balaban J connectivity index is 1.22. The van der Waals surface area contributed by atoms with Gasteiger partial charge in [-0.15, -0.1) is 0 Å². The molecule has 0 unspecified atom stereocenters. The van der Waals surface area contributed by atoms with Crippen molar-refractivity contribution in [2.24, 2.45) is 0 Å². The Labute approximate surface area is 189 Å². The van der Waals surface area contributed by atoms with E-state index in [-0.39, 0.29) is 16.8 Å². The number of nitrogens with one attached hydrogen (secondary N) is 2. The number of anilines is 1. The number of hydrogen-bond acceptors (Lipinski definition) is 6. The predicted molar refractivity (Wildman–Crippen MR) is 122 cm³/mol. The van der Waals surface area contributed by atoms with Crippen LogP contribution in [0.3, 0.4) is 0 Å². The Kier molecular flexibility index (Phi) is 7.72. The molecule has 2 N–H and O–H groups in total. The Morgan fingerprint density at radius 3 is 2.50 bits per heavy atom. The van der Waals surface area contributed by atoms with Gasteiger partial charge in [0.1, 0.15) is 16.5 Å². The normalized spacial score (nSPS) is 22.1. The average molecular weight is 463 g/mol. The molecule has 2 aromatic rings. The molecule has 7 nitrogen and oxygen atoms in total. The summed E-state index contributed by atoms with van der Waals surface area (Å²) in [6, 6.07) is 10.4. The van der Waals surface area contributed by atoms with Crippen LogP contribution in [0.5, 0.6) is 0 Å². The van der Waals surface area contributed by atoms with Gasteiger partial charge in [0, 0.05) is 31.4 Å². The fourth-order valence-corrected chi connectivity index (χ4v) is 5.58. The SMILES string of the molecule is O=S(=O)(NC1CCC(NCCc2cccc(F)c2)CC1)c1ccc(N2CCOCC2)nc1. The van der Waals surface area contributed by atoms with E-state index in [0.29, 0.717) is 19.3 Å². The summed E-state index contributed by atoms with van der Waals surface area (Å²) in [5, 5.41) is 3.52. The highest BCUT2D eigenvalue weighted by Crippen LogP contribution is 2.22. The van der Waals surface area contributed by atoms with Crippen molar-refractivity contribution in [3.05, 3.63) is 54.0 Å². The van der Waals surface area contributed by atoms with E-state index in [0.717, 1.165) is 63.1 Å². The number of rotatable bonds is 8. The molecule has 0 bridgehead atoms. The summed E-state index contributed by atoms with van der Waals surface area (Å²) in [5.41, 5.74) is 0.979. The molecule has 174 valence electrons. The number of nitrogens with zero attached hydrogens (tertiary/aromatic N) is 2. The second kappa shape index (κ2) is 10.7. The smallest absolute Gasteiger partial charge is 0.242 e. The number of morpholine rings is 1. The van der Waals surface area contributed by atoms with Gasteiger partial charge in [-0.2, -0.15) is 0 Å². The number of ether oxygens (including phenoxy) is 1. The molecule has 1 aliphatic carbocycles. The molecular formula is C23H31FN4O3S. The van der Waals surface area contributed by atoms with Gasteiger partial charge in [-0.25, -0.2) is 22.5 Å². The summed E-state index contributed by atoms with van der Waals surface area (Å²) in [4.78, 5) is 6.65. The molecule has 0 atom stereocenters. The highest BCUT2D eigenvalue weighted by molar-refractivity contribution is 7.89. The van der Waals surface area contributed by atoms with Gasteiger partial charge < -0.3 is 15.0 Å². The van der Waals surface area contributed by atoms with Gasteiger partial charge in [-0.1, -0.05) is 12.1 Å². The molecule has 4 rings (SSSR count). The summed E-state index contributed by atoms with van der Waals surface area (Å²) < 4.78 is 47.1. The zero-order valence-electron chi connectivity index (χ0n) is 18.2. The molecule has 1 aliphatic heterocycles. The molecule has 0 amide bonds. The molecule has 0 spiro atoms. The van der Waals surface area contributed by atoms with Crippen LogP contribution in [0.4, 0.5) is 10.2 Å². The van der Waals surface area contributed by atoms with Gasteiger partial charge in [0.25, 0.3) is 0 Å². The second-order valence-corrected chi connectivity index (χ2v) is 10.2. The zero-order chi connectivity index (χ0) is 22.4. The first-order valence-corrected chi connectivity index (χ1v) is 12.8. The van der Waals surface area contributed by atoms with Gasteiger partial charge in [-0.3, -0.25) is 0 Å². The third kappa shape index (κ3) is 6.25. The number of aromatic nitrogens is 1. The van der Waals surface area contributed by atoms with Crippen molar-refractivity contribution >= 4 is 15.8 Å². The van der Waals surface area contributed by atoms with Crippen LogP contribution in [-0.2, 0) is 21.2 Å². The monoisotopic (exact) mass is 462 g/mol. The van der Waals surface area contributed by atoms with Crippen LogP contribution in [0.15, 0.2) is 47.5 Å². The van der Waals surface area contributed by atoms with Crippen LogP contribution in [0.1, 0.15) is 31.2 Å². The molecule has 1 aromatic heterocycles. The maximum absolute atomic E-state index is 13.3. The Morgan fingerprint density at radius 1 is 1.06 bits per heavy atom. The summed E-state index contributed by atoms with van der Waals surface area (Å²) in [6.45, 7) is 3.62. The van der Waals surface area contributed by atoms with Gasteiger partial charge in [-0.05, 0) is 68.5 Å². The van der Waals surface area contributed by atoms with Crippen molar-refractivity contribution in [2.45, 2.75) is 49.1 Å². The minimum absolute atomic E-state index is 0.0693. The minimum Gasteiger partial charge on any atom is -0.378 e. The van der Waals surface area contributed by atoms with Crippen LogP contribution in [0.25, 0.3) is 0 Å². The molecule has 2 fully saturated rings. The zero-order valence-corrected chi connectivity index (χ0v) is 19.0. The van der Waals surface area contributed by atoms with Crippen molar-refractivity contribution in [1.82, 2.24) is 15.0 Å². The third-order valence-electron chi connectivity index (χ3n) is 6.15. The lowest BCUT2D eigenvalue weighted by Gasteiger charge is -2.30. The quantitative estimate of drug-likeness (QED) is 0.627. The van der Waals surface area contributed by atoms with Gasteiger partial charge in [0.2, 0.25) is 10.0 Å². The first-order valence-electron chi connectivity index (χ1n) is 11.3. The first kappa shape index (κ1) is 23.1. The highest BCUT2D eigenvalue weighted by Gasteiger charge is 2.26. The van der Waals surface area contributed by atoms with Gasteiger partial charge >= 0.3 is 0 Å². The largest absolute Gasteiger partial charge is 0.378 e. The van der Waals surface area contributed by atoms with Crippen LogP contribution in [-0.4, -0.2) is 58.3 Å². The third-order valence-corrected chi connectivity index (χ3v) is 7.66. The maximum atomic E-state index is 13.3. The van der Waals surface area contributed by atoms with E-state index < -0.39 is 10.0 Å². The van der Waals surface area contributed by atoms with Crippen molar-refractivity contribution in [2.75, 3.05) is 37.7 Å². The summed E-state index contributed by atoms with van der Waals surface area (Å²) in [7, 11) is -3.59. The van der Waals surface area contributed by atoms with Gasteiger partial charge in [0.05, 0.1) is 13.2 Å². The molecule has 9 heteroatoms. The van der Waals surface area contributed by atoms with Crippen LogP contribution in [0.2, 0.25) is 0 Å². The van der Waals surface area contributed by atoms with E-state index in [9.17, 15) is 12.8 Å². The standard InChI is InChI=1S/C23H31FN4O3S/c24-19-3-1-2-18(16-19)10-11-25-20-4-6-21(7-5-20)27-32(29,30)22-8-9-23(26-17-22)28-12-14-31-15-13-28/h1-3,8-9,16-17,20-21,25,27H,4-7,10-15H2.